The SMILES string of the molecule is FC(F)CNBr. The highest BCUT2D eigenvalue weighted by Gasteiger charge is 1.95. The lowest BCUT2D eigenvalue weighted by Gasteiger charge is -1.89. The van der Waals surface area contributed by atoms with Crippen LogP contribution in [0.25, 0.3) is 0 Å². The van der Waals surface area contributed by atoms with Gasteiger partial charge in [0.25, 0.3) is 6.43 Å². The molecule has 0 saturated heterocycles. The maximum absolute atomic E-state index is 10.9. The molecule has 0 spiro atoms. The quantitative estimate of drug-likeness (QED) is 0.597. The van der Waals surface area contributed by atoms with Crippen LogP contribution in [0.5, 0.6) is 0 Å². The first-order valence-corrected chi connectivity index (χ1v) is 2.18. The summed E-state index contributed by atoms with van der Waals surface area (Å²) < 4.78 is 24.0. The first-order chi connectivity index (χ1) is 2.77. The Kier molecular flexibility index (Phi) is 3.66. The van der Waals surface area contributed by atoms with Crippen LogP contribution in [0.4, 0.5) is 8.78 Å². The first-order valence-electron chi connectivity index (χ1n) is 1.39. The van der Waals surface area contributed by atoms with Crippen molar-refractivity contribution in [3.8, 4) is 0 Å². The molecule has 0 heterocycles. The summed E-state index contributed by atoms with van der Waals surface area (Å²) >= 11 is 2.62. The van der Waals surface area contributed by atoms with E-state index in [2.05, 4.69) is 20.5 Å². The Morgan fingerprint density at radius 1 is 1.67 bits per heavy atom. The lowest BCUT2D eigenvalue weighted by atomic mass is 10.7. The molecule has 38 valence electrons. The van der Waals surface area contributed by atoms with E-state index in [0.717, 1.165) is 0 Å². The lowest BCUT2D eigenvalue weighted by Crippen LogP contribution is -2.09. The molecular formula is C2H4BrF2N. The molecule has 0 aromatic heterocycles. The molecule has 0 saturated carbocycles. The minimum absolute atomic E-state index is 0.292. The average Bonchev–Trinajstić information content (AvgIpc) is 1.35. The molecule has 0 aromatic carbocycles. The van der Waals surface area contributed by atoms with Crippen molar-refractivity contribution in [3.63, 3.8) is 0 Å². The fourth-order valence-electron chi connectivity index (χ4n) is 0.0583. The first kappa shape index (κ1) is 6.30. The molecule has 0 atom stereocenters. The van der Waals surface area contributed by atoms with Gasteiger partial charge in [0.1, 0.15) is 0 Å². The van der Waals surface area contributed by atoms with Gasteiger partial charge in [0.05, 0.1) is 6.54 Å². The molecule has 0 bridgehead atoms. The van der Waals surface area contributed by atoms with E-state index in [4.69, 9.17) is 0 Å². The molecule has 0 aromatic rings. The molecule has 0 aliphatic carbocycles. The third-order valence-electron chi connectivity index (χ3n) is 0.231. The minimum Gasteiger partial charge on any atom is -0.250 e. The fourth-order valence-corrected chi connectivity index (χ4v) is 0.303. The second-order valence-corrected chi connectivity index (χ2v) is 1.29. The van der Waals surface area contributed by atoms with E-state index in [1.807, 2.05) is 0 Å². The molecule has 0 rings (SSSR count). The standard InChI is InChI=1S/C2H4BrF2N/c3-6-1-2(4)5/h2,6H,1H2. The van der Waals surface area contributed by atoms with Crippen molar-refractivity contribution >= 4 is 16.1 Å². The lowest BCUT2D eigenvalue weighted by molar-refractivity contribution is 0.155. The van der Waals surface area contributed by atoms with Gasteiger partial charge in [0.15, 0.2) is 0 Å². The summed E-state index contributed by atoms with van der Waals surface area (Å²) in [6, 6.07) is 0. The van der Waals surface area contributed by atoms with E-state index in [1.165, 1.54) is 0 Å². The number of nitrogens with one attached hydrogen (secondary N) is 1. The zero-order valence-electron chi connectivity index (χ0n) is 2.92. The monoisotopic (exact) mass is 159 g/mol. The van der Waals surface area contributed by atoms with Crippen LogP contribution in [-0.4, -0.2) is 13.0 Å². The predicted octanol–water partition coefficient (Wildman–Crippen LogP) is 1.15. The minimum atomic E-state index is -2.26. The Balaban J connectivity index is 2.63. The fraction of sp³-hybridized carbons (Fsp3) is 1.00. The summed E-state index contributed by atoms with van der Waals surface area (Å²) in [4.78, 5) is 0. The van der Waals surface area contributed by atoms with Gasteiger partial charge in [-0.05, 0) is 0 Å². The maximum atomic E-state index is 10.9. The Bertz CT molecular complexity index is 32.7. The summed E-state index contributed by atoms with van der Waals surface area (Å²) in [6.07, 6.45) is -2.26. The highest BCUT2D eigenvalue weighted by atomic mass is 79.9. The summed E-state index contributed by atoms with van der Waals surface area (Å²) in [7, 11) is 0. The van der Waals surface area contributed by atoms with Crippen LogP contribution in [-0.2, 0) is 0 Å². The molecule has 1 N–H and O–H groups in total. The number of hydrogen-bond acceptors (Lipinski definition) is 1. The maximum Gasteiger partial charge on any atom is 0.251 e. The van der Waals surface area contributed by atoms with Crippen LogP contribution in [0.1, 0.15) is 0 Å². The molecule has 0 amide bonds. The van der Waals surface area contributed by atoms with E-state index in [9.17, 15) is 8.78 Å². The van der Waals surface area contributed by atoms with Crippen molar-refractivity contribution in [1.82, 2.24) is 4.34 Å². The van der Waals surface area contributed by atoms with E-state index in [0.29, 0.717) is 0 Å². The van der Waals surface area contributed by atoms with Crippen molar-refractivity contribution in [2.45, 2.75) is 6.43 Å². The predicted molar refractivity (Wildman–Crippen MR) is 22.9 cm³/mol. The third kappa shape index (κ3) is 4.30. The summed E-state index contributed by atoms with van der Waals surface area (Å²) in [6.45, 7) is -0.292. The van der Waals surface area contributed by atoms with Crippen molar-refractivity contribution in [1.29, 1.82) is 0 Å². The Labute approximate surface area is 43.1 Å². The number of halogens is 3. The van der Waals surface area contributed by atoms with Crippen molar-refractivity contribution < 1.29 is 8.78 Å². The Hall–Kier alpha value is 0.300. The summed E-state index contributed by atoms with van der Waals surface area (Å²) in [5, 5.41) is 0. The van der Waals surface area contributed by atoms with Gasteiger partial charge in [-0.25, -0.2) is 8.78 Å². The number of rotatable bonds is 2. The third-order valence-corrected chi connectivity index (χ3v) is 0.555. The van der Waals surface area contributed by atoms with Crippen molar-refractivity contribution in [3.05, 3.63) is 0 Å². The second kappa shape index (κ2) is 3.49. The Morgan fingerprint density at radius 3 is 2.17 bits per heavy atom. The van der Waals surface area contributed by atoms with Gasteiger partial charge in [-0.15, -0.1) is 0 Å². The van der Waals surface area contributed by atoms with Gasteiger partial charge in [0, 0.05) is 16.1 Å². The van der Waals surface area contributed by atoms with Gasteiger partial charge in [-0.3, -0.25) is 4.34 Å². The highest BCUT2D eigenvalue weighted by Crippen LogP contribution is 1.87. The normalized spacial score (nSPS) is 10.0. The van der Waals surface area contributed by atoms with E-state index >= 15 is 0 Å². The molecule has 1 nitrogen and oxygen atoms in total. The molecule has 0 radical (unpaired) electrons. The van der Waals surface area contributed by atoms with E-state index in [-0.39, 0.29) is 6.54 Å². The molecule has 4 heteroatoms. The van der Waals surface area contributed by atoms with Gasteiger partial charge < -0.3 is 0 Å². The molecular weight excluding hydrogens is 156 g/mol. The number of hydrogen-bond donors (Lipinski definition) is 1. The van der Waals surface area contributed by atoms with Crippen molar-refractivity contribution in [2.75, 3.05) is 6.54 Å². The largest absolute Gasteiger partial charge is 0.251 e. The summed E-state index contributed by atoms with van der Waals surface area (Å²) in [5.74, 6) is 0. The zero-order valence-corrected chi connectivity index (χ0v) is 4.50. The zero-order chi connectivity index (χ0) is 4.99. The molecule has 0 aliphatic heterocycles. The van der Waals surface area contributed by atoms with Crippen LogP contribution < -0.4 is 4.34 Å². The summed E-state index contributed by atoms with van der Waals surface area (Å²) in [5.41, 5.74) is 0. The Morgan fingerprint density at radius 2 is 2.17 bits per heavy atom. The number of alkyl halides is 2. The van der Waals surface area contributed by atoms with Gasteiger partial charge >= 0.3 is 0 Å². The van der Waals surface area contributed by atoms with Crippen LogP contribution in [0.3, 0.4) is 0 Å². The van der Waals surface area contributed by atoms with Gasteiger partial charge in [-0.2, -0.15) is 0 Å². The smallest absolute Gasteiger partial charge is 0.250 e. The van der Waals surface area contributed by atoms with E-state index < -0.39 is 6.43 Å². The molecule has 0 aliphatic rings. The van der Waals surface area contributed by atoms with Crippen LogP contribution in [0.15, 0.2) is 0 Å². The van der Waals surface area contributed by atoms with Crippen LogP contribution >= 0.6 is 16.1 Å². The highest BCUT2D eigenvalue weighted by molar-refractivity contribution is 9.08. The molecule has 0 unspecified atom stereocenters. The topological polar surface area (TPSA) is 12.0 Å². The van der Waals surface area contributed by atoms with Crippen molar-refractivity contribution in [2.24, 2.45) is 0 Å². The average molecular weight is 160 g/mol. The molecule has 0 fully saturated rings. The van der Waals surface area contributed by atoms with Crippen LogP contribution in [0, 0.1) is 0 Å². The van der Waals surface area contributed by atoms with Gasteiger partial charge in [0.2, 0.25) is 0 Å². The van der Waals surface area contributed by atoms with Gasteiger partial charge in [-0.1, -0.05) is 0 Å². The van der Waals surface area contributed by atoms with Crippen LogP contribution in [0.2, 0.25) is 0 Å². The second-order valence-electron chi connectivity index (χ2n) is 0.729. The molecule has 6 heavy (non-hydrogen) atoms. The van der Waals surface area contributed by atoms with E-state index in [1.54, 1.807) is 0 Å².